The van der Waals surface area contributed by atoms with Gasteiger partial charge in [0, 0.05) is 44.9 Å². The van der Waals surface area contributed by atoms with Crippen LogP contribution in [0.15, 0.2) is 73.1 Å². The topological polar surface area (TPSA) is 54.9 Å². The molecule has 2 aliphatic rings. The molecule has 6 heteroatoms. The van der Waals surface area contributed by atoms with Gasteiger partial charge in [0.25, 0.3) is 0 Å². The van der Waals surface area contributed by atoms with Gasteiger partial charge in [0.15, 0.2) is 0 Å². The van der Waals surface area contributed by atoms with Gasteiger partial charge in [0.05, 0.1) is 13.7 Å². The van der Waals surface area contributed by atoms with E-state index in [-0.39, 0.29) is 6.09 Å². The lowest BCUT2D eigenvalue weighted by atomic mass is 9.70. The summed E-state index contributed by atoms with van der Waals surface area (Å²) in [5, 5.41) is 0. The van der Waals surface area contributed by atoms with Gasteiger partial charge in [-0.15, -0.1) is 0 Å². The molecule has 0 aliphatic carbocycles. The van der Waals surface area contributed by atoms with Crippen LogP contribution in [0.4, 0.5) is 4.79 Å². The van der Waals surface area contributed by atoms with E-state index in [1.165, 1.54) is 11.1 Å². The summed E-state index contributed by atoms with van der Waals surface area (Å²) in [5.74, 6) is 0.775. The standard InChI is InChI=1S/C29H33N3O3/c1-22-7-4-8-23(17-22)20-31-15-12-29(13-16-31)28(2,25-10-6-14-30-19-25)32(27(33)35-29)21-24-9-5-11-26(18-24)34-3/h4-11,14,17-19H,12-13,15-16,20-21H2,1-3H3. The number of benzene rings is 2. The van der Waals surface area contributed by atoms with E-state index >= 15 is 0 Å². The number of ether oxygens (including phenoxy) is 2. The summed E-state index contributed by atoms with van der Waals surface area (Å²) < 4.78 is 11.7. The Hall–Kier alpha value is -3.38. The van der Waals surface area contributed by atoms with E-state index in [9.17, 15) is 4.79 Å². The molecule has 182 valence electrons. The van der Waals surface area contributed by atoms with Crippen molar-refractivity contribution in [2.24, 2.45) is 0 Å². The van der Waals surface area contributed by atoms with Gasteiger partial charge in [-0.3, -0.25) is 14.8 Å². The number of piperidine rings is 1. The molecule has 3 heterocycles. The van der Waals surface area contributed by atoms with Crippen LogP contribution in [-0.4, -0.2) is 46.7 Å². The first-order valence-corrected chi connectivity index (χ1v) is 12.3. The van der Waals surface area contributed by atoms with E-state index in [1.807, 2.05) is 41.4 Å². The summed E-state index contributed by atoms with van der Waals surface area (Å²) in [4.78, 5) is 22.2. The second-order valence-corrected chi connectivity index (χ2v) is 9.88. The first-order chi connectivity index (χ1) is 16.9. The number of aryl methyl sites for hydroxylation is 1. The number of methoxy groups -OCH3 is 1. The predicted molar refractivity (Wildman–Crippen MR) is 135 cm³/mol. The smallest absolute Gasteiger partial charge is 0.411 e. The summed E-state index contributed by atoms with van der Waals surface area (Å²) >= 11 is 0. The molecular weight excluding hydrogens is 438 g/mol. The number of hydrogen-bond donors (Lipinski definition) is 0. The van der Waals surface area contributed by atoms with Crippen molar-refractivity contribution in [3.05, 3.63) is 95.3 Å². The highest BCUT2D eigenvalue weighted by Crippen LogP contribution is 2.52. The quantitative estimate of drug-likeness (QED) is 0.488. The fourth-order valence-corrected chi connectivity index (χ4v) is 5.73. The van der Waals surface area contributed by atoms with Gasteiger partial charge in [-0.25, -0.2) is 4.79 Å². The molecule has 35 heavy (non-hydrogen) atoms. The first-order valence-electron chi connectivity index (χ1n) is 12.3. The molecule has 1 spiro atoms. The number of aromatic nitrogens is 1. The Balaban J connectivity index is 1.43. The van der Waals surface area contributed by atoms with Gasteiger partial charge < -0.3 is 9.47 Å². The van der Waals surface area contributed by atoms with Crippen molar-refractivity contribution in [2.75, 3.05) is 20.2 Å². The second-order valence-electron chi connectivity index (χ2n) is 9.88. The zero-order valence-electron chi connectivity index (χ0n) is 20.7. The van der Waals surface area contributed by atoms with Crippen molar-refractivity contribution in [3.63, 3.8) is 0 Å². The van der Waals surface area contributed by atoms with Gasteiger partial charge in [0.2, 0.25) is 0 Å². The van der Waals surface area contributed by atoms with Crippen LogP contribution in [0.25, 0.3) is 0 Å². The molecule has 1 unspecified atom stereocenters. The van der Waals surface area contributed by atoms with E-state index in [4.69, 9.17) is 9.47 Å². The van der Waals surface area contributed by atoms with Crippen molar-refractivity contribution in [2.45, 2.75) is 50.9 Å². The number of hydrogen-bond acceptors (Lipinski definition) is 5. The Morgan fingerprint density at radius 2 is 1.74 bits per heavy atom. The summed E-state index contributed by atoms with van der Waals surface area (Å²) in [5.41, 5.74) is 3.34. The SMILES string of the molecule is COc1cccc(CN2C(=O)OC3(CCN(Cc4cccc(C)c4)CC3)C2(C)c2cccnc2)c1. The third-order valence-corrected chi connectivity index (χ3v) is 7.78. The molecule has 1 aromatic heterocycles. The fourth-order valence-electron chi connectivity index (χ4n) is 5.73. The molecule has 0 bridgehead atoms. The van der Waals surface area contributed by atoms with Crippen LogP contribution < -0.4 is 4.74 Å². The maximum Gasteiger partial charge on any atom is 0.411 e. The molecule has 1 amide bonds. The number of likely N-dealkylation sites (tertiary alicyclic amines) is 1. The average Bonchev–Trinajstić information content (AvgIpc) is 3.08. The molecule has 2 aromatic carbocycles. The van der Waals surface area contributed by atoms with E-state index in [2.05, 4.69) is 54.1 Å². The Kier molecular flexibility index (Phi) is 6.24. The van der Waals surface area contributed by atoms with E-state index in [1.54, 1.807) is 13.3 Å². The largest absolute Gasteiger partial charge is 0.497 e. The minimum absolute atomic E-state index is 0.272. The highest BCUT2D eigenvalue weighted by Gasteiger charge is 2.63. The maximum absolute atomic E-state index is 13.4. The minimum Gasteiger partial charge on any atom is -0.497 e. The van der Waals surface area contributed by atoms with Gasteiger partial charge >= 0.3 is 6.09 Å². The summed E-state index contributed by atoms with van der Waals surface area (Å²) in [6.45, 7) is 7.35. The second kappa shape index (κ2) is 9.34. The van der Waals surface area contributed by atoms with Crippen LogP contribution in [0, 0.1) is 6.92 Å². The highest BCUT2D eigenvalue weighted by atomic mass is 16.6. The first kappa shape index (κ1) is 23.4. The van der Waals surface area contributed by atoms with Gasteiger partial charge in [-0.2, -0.15) is 0 Å². The van der Waals surface area contributed by atoms with E-state index in [0.717, 1.165) is 49.4 Å². The normalized spacial score (nSPS) is 21.8. The van der Waals surface area contributed by atoms with Crippen molar-refractivity contribution in [1.82, 2.24) is 14.8 Å². The number of nitrogens with zero attached hydrogens (tertiary/aromatic N) is 3. The molecule has 0 saturated carbocycles. The van der Waals surface area contributed by atoms with Gasteiger partial charge in [-0.1, -0.05) is 48.0 Å². The summed E-state index contributed by atoms with van der Waals surface area (Å²) in [7, 11) is 1.66. The molecule has 6 nitrogen and oxygen atoms in total. The fraction of sp³-hybridized carbons (Fsp3) is 0.379. The van der Waals surface area contributed by atoms with E-state index < -0.39 is 11.1 Å². The molecule has 1 atom stereocenters. The lowest BCUT2D eigenvalue weighted by molar-refractivity contribution is -0.0615. The van der Waals surface area contributed by atoms with Crippen LogP contribution in [-0.2, 0) is 23.4 Å². The zero-order chi connectivity index (χ0) is 24.5. The zero-order valence-corrected chi connectivity index (χ0v) is 20.7. The monoisotopic (exact) mass is 471 g/mol. The molecular formula is C29H33N3O3. The predicted octanol–water partition coefficient (Wildman–Crippen LogP) is 5.30. The average molecular weight is 472 g/mol. The molecule has 0 N–H and O–H groups in total. The number of pyridine rings is 1. The Morgan fingerprint density at radius 3 is 2.43 bits per heavy atom. The van der Waals surface area contributed by atoms with Crippen LogP contribution >= 0.6 is 0 Å². The molecule has 2 aliphatic heterocycles. The Labute approximate surface area is 207 Å². The lowest BCUT2D eigenvalue weighted by Gasteiger charge is -2.48. The Morgan fingerprint density at radius 1 is 1.00 bits per heavy atom. The number of carbonyl (C=O) groups excluding carboxylic acids is 1. The molecule has 2 fully saturated rings. The van der Waals surface area contributed by atoms with Crippen molar-refractivity contribution in [1.29, 1.82) is 0 Å². The minimum atomic E-state index is -0.642. The maximum atomic E-state index is 13.4. The molecule has 0 radical (unpaired) electrons. The molecule has 3 aromatic rings. The number of amides is 1. The number of carbonyl (C=O) groups is 1. The van der Waals surface area contributed by atoms with Gasteiger partial charge in [0.1, 0.15) is 16.9 Å². The summed E-state index contributed by atoms with van der Waals surface area (Å²) in [6, 6.07) is 20.5. The Bertz CT molecular complexity index is 1190. The van der Waals surface area contributed by atoms with E-state index in [0.29, 0.717) is 6.54 Å². The lowest BCUT2D eigenvalue weighted by Crippen LogP contribution is -2.58. The van der Waals surface area contributed by atoms with Crippen LogP contribution in [0.3, 0.4) is 0 Å². The third kappa shape index (κ3) is 4.27. The van der Waals surface area contributed by atoms with Crippen LogP contribution in [0.5, 0.6) is 5.75 Å². The van der Waals surface area contributed by atoms with Crippen molar-refractivity contribution >= 4 is 6.09 Å². The van der Waals surface area contributed by atoms with Crippen LogP contribution in [0.1, 0.15) is 42.0 Å². The molecule has 5 rings (SSSR count). The number of rotatable bonds is 6. The van der Waals surface area contributed by atoms with Gasteiger partial charge in [-0.05, 0) is 48.7 Å². The van der Waals surface area contributed by atoms with Crippen molar-refractivity contribution in [3.8, 4) is 5.75 Å². The third-order valence-electron chi connectivity index (χ3n) is 7.78. The molecule has 2 saturated heterocycles. The van der Waals surface area contributed by atoms with Crippen molar-refractivity contribution < 1.29 is 14.3 Å². The summed E-state index contributed by atoms with van der Waals surface area (Å²) in [6.07, 6.45) is 4.91. The highest BCUT2D eigenvalue weighted by molar-refractivity contribution is 5.73. The van der Waals surface area contributed by atoms with Crippen LogP contribution in [0.2, 0.25) is 0 Å².